The molecule has 5 aromatic rings. The summed E-state index contributed by atoms with van der Waals surface area (Å²) in [6.07, 6.45) is 1.46. The summed E-state index contributed by atoms with van der Waals surface area (Å²) in [5, 5.41) is 13.1. The van der Waals surface area contributed by atoms with Gasteiger partial charge in [0.15, 0.2) is 11.7 Å². The molecular weight excluding hydrogens is 577 g/mol. The van der Waals surface area contributed by atoms with Gasteiger partial charge in [0, 0.05) is 27.2 Å². The molecule has 2 amide bonds. The second-order valence-electron chi connectivity index (χ2n) is 8.84. The molecule has 1 aromatic heterocycles. The highest BCUT2D eigenvalue weighted by Gasteiger charge is 2.09. The van der Waals surface area contributed by atoms with E-state index in [2.05, 4.69) is 26.1 Å². The second-order valence-corrected chi connectivity index (χ2v) is 10.1. The summed E-state index contributed by atoms with van der Waals surface area (Å²) in [5.74, 6) is -0.988. The molecule has 0 saturated carbocycles. The molecule has 4 aromatic carbocycles. The summed E-state index contributed by atoms with van der Waals surface area (Å²) in [6, 6.07) is 27.1. The van der Waals surface area contributed by atoms with Crippen LogP contribution >= 0.6 is 22.9 Å². The van der Waals surface area contributed by atoms with Crippen LogP contribution in [0.25, 0.3) is 11.3 Å². The maximum absolute atomic E-state index is 13.7. The minimum Gasteiger partial charge on any atom is -0.484 e. The number of carbonyl (C=O) groups is 2. The van der Waals surface area contributed by atoms with E-state index in [1.807, 2.05) is 29.6 Å². The molecule has 0 radical (unpaired) electrons. The van der Waals surface area contributed by atoms with Crippen LogP contribution in [0.5, 0.6) is 5.75 Å². The number of halogens is 2. The van der Waals surface area contributed by atoms with Gasteiger partial charge >= 0.3 is 0 Å². The van der Waals surface area contributed by atoms with Crippen LogP contribution in [0, 0.1) is 5.82 Å². The van der Waals surface area contributed by atoms with Gasteiger partial charge in [0.2, 0.25) is 0 Å². The second kappa shape index (κ2) is 13.5. The zero-order valence-corrected chi connectivity index (χ0v) is 23.5. The predicted molar refractivity (Wildman–Crippen MR) is 164 cm³/mol. The van der Waals surface area contributed by atoms with Crippen LogP contribution in [-0.2, 0) is 4.79 Å². The van der Waals surface area contributed by atoms with E-state index < -0.39 is 11.7 Å². The SMILES string of the molecule is O=C(COc1cccc(/C=N\NC(=O)c2ccc(-c3csc(Nc4ccc(Cl)cc4)n3)cc2)c1)Nc1ccccc1F. The third-order valence-corrected chi connectivity index (χ3v) is 6.81. The lowest BCUT2D eigenvalue weighted by atomic mass is 10.1. The molecule has 0 aliphatic carbocycles. The van der Waals surface area contributed by atoms with Crippen molar-refractivity contribution in [2.24, 2.45) is 5.10 Å². The third-order valence-electron chi connectivity index (χ3n) is 5.80. The number of hydrogen-bond donors (Lipinski definition) is 3. The van der Waals surface area contributed by atoms with Crippen molar-refractivity contribution in [1.29, 1.82) is 0 Å². The number of nitrogens with zero attached hydrogens (tertiary/aromatic N) is 2. The largest absolute Gasteiger partial charge is 0.484 e. The molecular formula is C31H23ClFN5O3S. The monoisotopic (exact) mass is 599 g/mol. The number of aromatic nitrogens is 1. The molecule has 1 heterocycles. The highest BCUT2D eigenvalue weighted by Crippen LogP contribution is 2.28. The highest BCUT2D eigenvalue weighted by molar-refractivity contribution is 7.14. The predicted octanol–water partition coefficient (Wildman–Crippen LogP) is 7.13. The van der Waals surface area contributed by atoms with Gasteiger partial charge in [0.25, 0.3) is 11.8 Å². The molecule has 0 atom stereocenters. The number of hydrogen-bond acceptors (Lipinski definition) is 7. The van der Waals surface area contributed by atoms with Gasteiger partial charge in [0.1, 0.15) is 11.6 Å². The number of ether oxygens (including phenoxy) is 1. The quantitative estimate of drug-likeness (QED) is 0.117. The number of anilines is 3. The minimum absolute atomic E-state index is 0.0807. The normalized spacial score (nSPS) is 10.8. The zero-order valence-electron chi connectivity index (χ0n) is 21.9. The van der Waals surface area contributed by atoms with E-state index in [9.17, 15) is 14.0 Å². The Morgan fingerprint density at radius 1 is 0.976 bits per heavy atom. The van der Waals surface area contributed by atoms with Crippen LogP contribution < -0.4 is 20.8 Å². The minimum atomic E-state index is -0.529. The van der Waals surface area contributed by atoms with Crippen molar-refractivity contribution in [2.45, 2.75) is 0 Å². The van der Waals surface area contributed by atoms with Crippen molar-refractivity contribution in [3.05, 3.63) is 124 Å². The molecule has 11 heteroatoms. The van der Waals surface area contributed by atoms with E-state index in [-0.39, 0.29) is 18.2 Å². The Labute approximate surface area is 249 Å². The molecule has 3 N–H and O–H groups in total. The first-order chi connectivity index (χ1) is 20.4. The van der Waals surface area contributed by atoms with Gasteiger partial charge in [-0.05, 0) is 66.2 Å². The fourth-order valence-corrected chi connectivity index (χ4v) is 4.59. The van der Waals surface area contributed by atoms with E-state index in [1.54, 1.807) is 54.6 Å². The molecule has 210 valence electrons. The summed E-state index contributed by atoms with van der Waals surface area (Å²) in [4.78, 5) is 29.3. The number of para-hydroxylation sites is 1. The average Bonchev–Trinajstić information content (AvgIpc) is 3.47. The molecule has 0 saturated heterocycles. The van der Waals surface area contributed by atoms with Crippen molar-refractivity contribution in [1.82, 2.24) is 10.4 Å². The molecule has 5 rings (SSSR count). The number of rotatable bonds is 10. The Kier molecular flexibility index (Phi) is 9.17. The van der Waals surface area contributed by atoms with Crippen LogP contribution in [-0.4, -0.2) is 29.6 Å². The zero-order chi connectivity index (χ0) is 29.3. The van der Waals surface area contributed by atoms with Crippen molar-refractivity contribution in [2.75, 3.05) is 17.2 Å². The van der Waals surface area contributed by atoms with Gasteiger partial charge in [-0.3, -0.25) is 9.59 Å². The van der Waals surface area contributed by atoms with Crippen LogP contribution in [0.4, 0.5) is 20.9 Å². The summed E-state index contributed by atoms with van der Waals surface area (Å²) in [6.45, 7) is -0.303. The molecule has 0 bridgehead atoms. The fraction of sp³-hybridized carbons (Fsp3) is 0.0323. The molecule has 0 aliphatic rings. The molecule has 0 aliphatic heterocycles. The Morgan fingerprint density at radius 2 is 1.76 bits per heavy atom. The van der Waals surface area contributed by atoms with E-state index in [0.29, 0.717) is 21.9 Å². The van der Waals surface area contributed by atoms with Crippen LogP contribution in [0.3, 0.4) is 0 Å². The summed E-state index contributed by atoms with van der Waals surface area (Å²) < 4.78 is 19.2. The molecule has 42 heavy (non-hydrogen) atoms. The Morgan fingerprint density at radius 3 is 2.55 bits per heavy atom. The average molecular weight is 600 g/mol. The van der Waals surface area contributed by atoms with Crippen molar-refractivity contribution in [3.8, 4) is 17.0 Å². The number of nitrogens with one attached hydrogen (secondary N) is 3. The van der Waals surface area contributed by atoms with Gasteiger partial charge in [-0.15, -0.1) is 11.3 Å². The van der Waals surface area contributed by atoms with Gasteiger partial charge in [0.05, 0.1) is 17.6 Å². The standard InChI is InChI=1S/C31H23ClFN5O3S/c32-23-12-14-24(15-13-23)35-31-37-28(19-42-31)21-8-10-22(11-9-21)30(40)38-34-17-20-4-3-5-25(16-20)41-18-29(39)36-27-7-2-1-6-26(27)33/h1-17,19H,18H2,(H,35,37)(H,36,39)(H,38,40)/b34-17-. The Hall–Kier alpha value is -5.06. The molecule has 0 unspecified atom stereocenters. The van der Waals surface area contributed by atoms with E-state index in [4.69, 9.17) is 16.3 Å². The molecule has 0 fully saturated rings. The summed E-state index contributed by atoms with van der Waals surface area (Å²) >= 11 is 7.41. The summed E-state index contributed by atoms with van der Waals surface area (Å²) in [7, 11) is 0. The number of thiazole rings is 1. The van der Waals surface area contributed by atoms with Gasteiger partial charge < -0.3 is 15.4 Å². The molecule has 8 nitrogen and oxygen atoms in total. The van der Waals surface area contributed by atoms with Crippen molar-refractivity contribution >= 4 is 57.5 Å². The topological polar surface area (TPSA) is 105 Å². The first-order valence-electron chi connectivity index (χ1n) is 12.6. The van der Waals surface area contributed by atoms with Gasteiger partial charge in [-0.1, -0.05) is 48.0 Å². The fourth-order valence-electron chi connectivity index (χ4n) is 3.73. The maximum Gasteiger partial charge on any atom is 0.271 e. The van der Waals surface area contributed by atoms with Gasteiger partial charge in [-0.2, -0.15) is 5.10 Å². The lowest BCUT2D eigenvalue weighted by Crippen LogP contribution is -2.20. The van der Waals surface area contributed by atoms with E-state index >= 15 is 0 Å². The first kappa shape index (κ1) is 28.5. The van der Waals surface area contributed by atoms with Crippen LogP contribution in [0.1, 0.15) is 15.9 Å². The van der Waals surface area contributed by atoms with Crippen LogP contribution in [0.15, 0.2) is 108 Å². The van der Waals surface area contributed by atoms with E-state index in [0.717, 1.165) is 22.1 Å². The maximum atomic E-state index is 13.7. The number of hydrazone groups is 1. The summed E-state index contributed by atoms with van der Waals surface area (Å²) in [5.41, 5.74) is 6.20. The highest BCUT2D eigenvalue weighted by atomic mass is 35.5. The van der Waals surface area contributed by atoms with Crippen molar-refractivity contribution < 1.29 is 18.7 Å². The van der Waals surface area contributed by atoms with Crippen LogP contribution in [0.2, 0.25) is 5.02 Å². The Bertz CT molecular complexity index is 1730. The lowest BCUT2D eigenvalue weighted by Gasteiger charge is -2.08. The molecule has 0 spiro atoms. The number of benzene rings is 4. The number of carbonyl (C=O) groups excluding carboxylic acids is 2. The lowest BCUT2D eigenvalue weighted by molar-refractivity contribution is -0.118. The third kappa shape index (κ3) is 7.78. The Balaban J connectivity index is 1.11. The smallest absolute Gasteiger partial charge is 0.271 e. The van der Waals surface area contributed by atoms with Crippen molar-refractivity contribution in [3.63, 3.8) is 0 Å². The number of amides is 2. The first-order valence-corrected chi connectivity index (χ1v) is 13.9. The van der Waals surface area contributed by atoms with E-state index in [1.165, 1.54) is 35.8 Å². The van der Waals surface area contributed by atoms with Gasteiger partial charge in [-0.25, -0.2) is 14.8 Å².